The van der Waals surface area contributed by atoms with Crippen LogP contribution in [0.2, 0.25) is 5.02 Å². The maximum absolute atomic E-state index is 10.8. The standard InChI is InChI=1S/C16H15ClO3/c1-2-14-12(4-3-5-15(14)17)10-20-13-8-6-11(7-9-13)16(18)19/h3-9H,2,10H2,1H3,(H,18,19). The van der Waals surface area contributed by atoms with Crippen LogP contribution >= 0.6 is 11.6 Å². The summed E-state index contributed by atoms with van der Waals surface area (Å²) in [5.74, 6) is -0.309. The molecule has 20 heavy (non-hydrogen) atoms. The monoisotopic (exact) mass is 290 g/mol. The van der Waals surface area contributed by atoms with Gasteiger partial charge in [0.05, 0.1) is 5.56 Å². The van der Waals surface area contributed by atoms with Crippen LogP contribution in [0.5, 0.6) is 5.75 Å². The van der Waals surface area contributed by atoms with Crippen molar-refractivity contribution in [2.24, 2.45) is 0 Å². The molecule has 0 bridgehead atoms. The van der Waals surface area contributed by atoms with Crippen molar-refractivity contribution in [1.82, 2.24) is 0 Å². The maximum atomic E-state index is 10.8. The van der Waals surface area contributed by atoms with Gasteiger partial charge in [0.15, 0.2) is 0 Å². The van der Waals surface area contributed by atoms with Gasteiger partial charge >= 0.3 is 5.97 Å². The summed E-state index contributed by atoms with van der Waals surface area (Å²) in [5.41, 5.74) is 2.37. The molecule has 0 heterocycles. The van der Waals surface area contributed by atoms with Crippen molar-refractivity contribution >= 4 is 17.6 Å². The van der Waals surface area contributed by atoms with Gasteiger partial charge in [-0.05, 0) is 47.9 Å². The van der Waals surface area contributed by atoms with Crippen LogP contribution in [0.15, 0.2) is 42.5 Å². The lowest BCUT2D eigenvalue weighted by atomic mass is 10.1. The Morgan fingerprint density at radius 3 is 2.50 bits per heavy atom. The molecule has 0 saturated heterocycles. The van der Waals surface area contributed by atoms with Gasteiger partial charge < -0.3 is 9.84 Å². The minimum absolute atomic E-state index is 0.245. The predicted octanol–water partition coefficient (Wildman–Crippen LogP) is 4.18. The number of hydrogen-bond donors (Lipinski definition) is 1. The van der Waals surface area contributed by atoms with Gasteiger partial charge in [-0.25, -0.2) is 4.79 Å². The van der Waals surface area contributed by atoms with Crippen molar-refractivity contribution in [3.63, 3.8) is 0 Å². The number of hydrogen-bond acceptors (Lipinski definition) is 2. The first-order valence-corrected chi connectivity index (χ1v) is 6.72. The Morgan fingerprint density at radius 2 is 1.90 bits per heavy atom. The first-order valence-electron chi connectivity index (χ1n) is 6.34. The maximum Gasteiger partial charge on any atom is 0.335 e. The number of aromatic carboxylic acids is 1. The summed E-state index contributed by atoms with van der Waals surface area (Å²) < 4.78 is 5.67. The van der Waals surface area contributed by atoms with Gasteiger partial charge in [-0.2, -0.15) is 0 Å². The summed E-state index contributed by atoms with van der Waals surface area (Å²) in [6, 6.07) is 12.1. The zero-order chi connectivity index (χ0) is 14.5. The van der Waals surface area contributed by atoms with Crippen molar-refractivity contribution in [3.05, 3.63) is 64.2 Å². The van der Waals surface area contributed by atoms with E-state index in [1.165, 1.54) is 12.1 Å². The molecule has 104 valence electrons. The number of carboxylic acid groups (broad SMARTS) is 1. The molecule has 0 radical (unpaired) electrons. The Balaban J connectivity index is 2.09. The second kappa shape index (κ2) is 6.44. The normalized spacial score (nSPS) is 10.3. The van der Waals surface area contributed by atoms with Crippen LogP contribution in [0.1, 0.15) is 28.4 Å². The van der Waals surface area contributed by atoms with Crippen molar-refractivity contribution in [3.8, 4) is 5.75 Å². The SMILES string of the molecule is CCc1c(Cl)cccc1COc1ccc(C(=O)O)cc1. The molecule has 4 heteroatoms. The highest BCUT2D eigenvalue weighted by Crippen LogP contribution is 2.22. The number of carbonyl (C=O) groups is 1. The molecule has 0 aliphatic rings. The minimum Gasteiger partial charge on any atom is -0.489 e. The fourth-order valence-corrected chi connectivity index (χ4v) is 2.32. The summed E-state index contributed by atoms with van der Waals surface area (Å²) in [6.07, 6.45) is 0.844. The Hall–Kier alpha value is -2.00. The molecule has 0 aliphatic heterocycles. The zero-order valence-corrected chi connectivity index (χ0v) is 11.9. The molecule has 0 amide bonds. The van der Waals surface area contributed by atoms with Crippen LogP contribution in [0.4, 0.5) is 0 Å². The third-order valence-corrected chi connectivity index (χ3v) is 3.42. The summed E-state index contributed by atoms with van der Waals surface area (Å²) in [5, 5.41) is 9.57. The molecule has 3 nitrogen and oxygen atoms in total. The van der Waals surface area contributed by atoms with Gasteiger partial charge in [0.1, 0.15) is 12.4 Å². The van der Waals surface area contributed by atoms with Crippen LogP contribution in [0.25, 0.3) is 0 Å². The Labute approximate surface area is 122 Å². The van der Waals surface area contributed by atoms with Crippen molar-refractivity contribution in [2.75, 3.05) is 0 Å². The van der Waals surface area contributed by atoms with Crippen molar-refractivity contribution in [1.29, 1.82) is 0 Å². The molecule has 2 aromatic carbocycles. The lowest BCUT2D eigenvalue weighted by Gasteiger charge is -2.11. The third-order valence-electron chi connectivity index (χ3n) is 3.07. The van der Waals surface area contributed by atoms with E-state index in [9.17, 15) is 4.79 Å². The van der Waals surface area contributed by atoms with Gasteiger partial charge in [0.25, 0.3) is 0 Å². The number of halogens is 1. The minimum atomic E-state index is -0.945. The molecule has 2 aromatic rings. The van der Waals surface area contributed by atoms with Crippen LogP contribution < -0.4 is 4.74 Å². The van der Waals surface area contributed by atoms with E-state index >= 15 is 0 Å². The average molecular weight is 291 g/mol. The second-order valence-corrected chi connectivity index (χ2v) is 4.76. The van der Waals surface area contributed by atoms with E-state index in [-0.39, 0.29) is 5.56 Å². The lowest BCUT2D eigenvalue weighted by Crippen LogP contribution is -2.01. The van der Waals surface area contributed by atoms with E-state index < -0.39 is 5.97 Å². The first kappa shape index (κ1) is 14.4. The van der Waals surface area contributed by atoms with Gasteiger partial charge in [0, 0.05) is 5.02 Å². The smallest absolute Gasteiger partial charge is 0.335 e. The van der Waals surface area contributed by atoms with E-state index in [1.54, 1.807) is 12.1 Å². The summed E-state index contributed by atoms with van der Waals surface area (Å²) in [7, 11) is 0. The molecular weight excluding hydrogens is 276 g/mol. The Morgan fingerprint density at radius 1 is 1.20 bits per heavy atom. The molecule has 0 aliphatic carbocycles. The average Bonchev–Trinajstić information content (AvgIpc) is 2.45. The van der Waals surface area contributed by atoms with Crippen LogP contribution in [-0.4, -0.2) is 11.1 Å². The van der Waals surface area contributed by atoms with Gasteiger partial charge in [-0.3, -0.25) is 0 Å². The quantitative estimate of drug-likeness (QED) is 0.898. The molecule has 2 rings (SSSR count). The lowest BCUT2D eigenvalue weighted by molar-refractivity contribution is 0.0697. The molecule has 0 spiro atoms. The topological polar surface area (TPSA) is 46.5 Å². The fraction of sp³-hybridized carbons (Fsp3) is 0.188. The Kier molecular flexibility index (Phi) is 4.64. The highest BCUT2D eigenvalue weighted by atomic mass is 35.5. The summed E-state index contributed by atoms with van der Waals surface area (Å²) in [4.78, 5) is 10.8. The molecule has 0 aromatic heterocycles. The van der Waals surface area contributed by atoms with Gasteiger partial charge in [0.2, 0.25) is 0 Å². The van der Waals surface area contributed by atoms with Crippen molar-refractivity contribution in [2.45, 2.75) is 20.0 Å². The molecular formula is C16H15ClO3. The number of carboxylic acids is 1. The van der Waals surface area contributed by atoms with Gasteiger partial charge in [-0.15, -0.1) is 0 Å². The Bertz CT molecular complexity index is 606. The highest BCUT2D eigenvalue weighted by Gasteiger charge is 2.06. The number of rotatable bonds is 5. The van der Waals surface area contributed by atoms with E-state index in [1.807, 2.05) is 25.1 Å². The van der Waals surface area contributed by atoms with Crippen LogP contribution in [0, 0.1) is 0 Å². The predicted molar refractivity (Wildman–Crippen MR) is 78.6 cm³/mol. The largest absolute Gasteiger partial charge is 0.489 e. The molecule has 0 unspecified atom stereocenters. The molecule has 0 fully saturated rings. The van der Waals surface area contributed by atoms with Crippen LogP contribution in [0.3, 0.4) is 0 Å². The van der Waals surface area contributed by atoms with E-state index in [0.717, 1.165) is 22.6 Å². The van der Waals surface area contributed by atoms with E-state index in [4.69, 9.17) is 21.4 Å². The van der Waals surface area contributed by atoms with E-state index in [2.05, 4.69) is 0 Å². The molecule has 0 atom stereocenters. The fourth-order valence-electron chi connectivity index (χ4n) is 1.99. The van der Waals surface area contributed by atoms with Crippen molar-refractivity contribution < 1.29 is 14.6 Å². The molecule has 1 N–H and O–H groups in total. The summed E-state index contributed by atoms with van der Waals surface area (Å²) in [6.45, 7) is 2.46. The number of benzene rings is 2. The number of ether oxygens (including phenoxy) is 1. The third kappa shape index (κ3) is 3.31. The molecule has 0 saturated carbocycles. The first-order chi connectivity index (χ1) is 9.61. The summed E-state index contributed by atoms with van der Waals surface area (Å²) >= 11 is 6.15. The van der Waals surface area contributed by atoms with Crippen LogP contribution in [-0.2, 0) is 13.0 Å². The van der Waals surface area contributed by atoms with Gasteiger partial charge in [-0.1, -0.05) is 30.7 Å². The van der Waals surface area contributed by atoms with E-state index in [0.29, 0.717) is 12.4 Å². The zero-order valence-electron chi connectivity index (χ0n) is 11.1. The second-order valence-electron chi connectivity index (χ2n) is 4.35. The highest BCUT2D eigenvalue weighted by molar-refractivity contribution is 6.31.